The van der Waals surface area contributed by atoms with Gasteiger partial charge in [0.1, 0.15) is 19.2 Å². The lowest BCUT2D eigenvalue weighted by Crippen LogP contribution is -2.55. The fourth-order valence-electron chi connectivity index (χ4n) is 3.21. The Bertz CT molecular complexity index is 563. The number of carboxylic acids is 1. The molecule has 7 heteroatoms. The van der Waals surface area contributed by atoms with Crippen molar-refractivity contribution >= 4 is 12.1 Å². The first-order valence-electron chi connectivity index (χ1n) is 6.41. The van der Waals surface area contributed by atoms with Gasteiger partial charge in [0.05, 0.1) is 0 Å². The van der Waals surface area contributed by atoms with E-state index in [-0.39, 0.29) is 13.0 Å². The van der Waals surface area contributed by atoms with Gasteiger partial charge in [-0.2, -0.15) is 9.63 Å². The predicted octanol–water partition coefficient (Wildman–Crippen LogP) is 0.907. The van der Waals surface area contributed by atoms with Crippen LogP contribution in [0.4, 0.5) is 4.79 Å². The van der Waals surface area contributed by atoms with Gasteiger partial charge in [0.2, 0.25) is 0 Å². The van der Waals surface area contributed by atoms with Crippen molar-refractivity contribution in [1.29, 1.82) is 0 Å². The fraction of sp³-hybridized carbons (Fsp3) is 0.462. The van der Waals surface area contributed by atoms with E-state index in [9.17, 15) is 19.8 Å². The molecule has 1 aromatic rings. The number of nitrogens with zero attached hydrogens (tertiary/aromatic N) is 2. The second-order valence-corrected chi connectivity index (χ2v) is 5.40. The molecule has 2 aliphatic rings. The van der Waals surface area contributed by atoms with Gasteiger partial charge in [0.25, 0.3) is 0 Å². The summed E-state index contributed by atoms with van der Waals surface area (Å²) in [6, 6.07) is 5.29. The molecule has 2 fully saturated rings. The number of hydrogen-bond donors (Lipinski definition) is 2. The van der Waals surface area contributed by atoms with Crippen molar-refractivity contribution < 1.29 is 29.3 Å². The Labute approximate surface area is 115 Å². The highest BCUT2D eigenvalue weighted by Gasteiger charge is 2.70. The molecule has 1 amide bonds. The second kappa shape index (κ2) is 4.26. The minimum Gasteiger partial charge on any atom is -0.481 e. The van der Waals surface area contributed by atoms with E-state index in [0.717, 1.165) is 0 Å². The van der Waals surface area contributed by atoms with Crippen LogP contribution in [0.3, 0.4) is 0 Å². The number of piperidine rings is 1. The van der Waals surface area contributed by atoms with Crippen LogP contribution in [0.1, 0.15) is 12.1 Å². The van der Waals surface area contributed by atoms with Crippen LogP contribution < -0.4 is 0 Å². The molecule has 3 unspecified atom stereocenters. The van der Waals surface area contributed by atoms with Crippen LogP contribution in [0.25, 0.3) is 0 Å². The number of carboxylic acid groups (broad SMARTS) is 2. The maximum Gasteiger partial charge on any atom is 0.547 e. The topological polar surface area (TPSA) is 96.7 Å². The average molecular weight is 279 g/mol. The van der Waals surface area contributed by atoms with Crippen LogP contribution in [0.5, 0.6) is 0 Å². The molecule has 20 heavy (non-hydrogen) atoms. The normalized spacial score (nSPS) is 35.1. The number of hydrogen-bond acceptors (Lipinski definition) is 4. The Morgan fingerprint density at radius 1 is 1.45 bits per heavy atom. The van der Waals surface area contributed by atoms with Gasteiger partial charge in [-0.3, -0.25) is 9.78 Å². The Kier molecular flexibility index (Phi) is 2.77. The smallest absolute Gasteiger partial charge is 0.481 e. The zero-order chi connectivity index (χ0) is 14.4. The summed E-state index contributed by atoms with van der Waals surface area (Å²) in [7, 11) is 0. The van der Waals surface area contributed by atoms with Crippen molar-refractivity contribution in [1.82, 2.24) is 4.98 Å². The van der Waals surface area contributed by atoms with Crippen LogP contribution in [-0.4, -0.2) is 51.1 Å². The minimum absolute atomic E-state index is 0.0566. The molecule has 2 N–H and O–H groups in total. The lowest BCUT2D eigenvalue weighted by atomic mass is 9.75. The summed E-state index contributed by atoms with van der Waals surface area (Å²) >= 11 is 0. The summed E-state index contributed by atoms with van der Waals surface area (Å²) in [5.41, 5.74) is -0.582. The van der Waals surface area contributed by atoms with Gasteiger partial charge in [-0.1, -0.05) is 10.7 Å². The number of carbonyl (C=O) groups is 2. The molecule has 0 aromatic carbocycles. The molecule has 2 saturated heterocycles. The van der Waals surface area contributed by atoms with Crippen molar-refractivity contribution in [3.8, 4) is 0 Å². The third kappa shape index (κ3) is 1.70. The molecule has 7 nitrogen and oxygen atoms in total. The van der Waals surface area contributed by atoms with Crippen LogP contribution >= 0.6 is 0 Å². The number of quaternary nitrogens is 1. The molecule has 2 aliphatic heterocycles. The number of hydroxylamine groups is 3. The Balaban J connectivity index is 1.95. The summed E-state index contributed by atoms with van der Waals surface area (Å²) < 4.78 is -0.607. The second-order valence-electron chi connectivity index (χ2n) is 5.40. The van der Waals surface area contributed by atoms with Gasteiger partial charge in [0, 0.05) is 24.7 Å². The van der Waals surface area contributed by atoms with E-state index in [1.54, 1.807) is 24.4 Å². The number of amides is 1. The highest BCUT2D eigenvalue weighted by atomic mass is 16.8. The number of aliphatic carboxylic acids is 1. The largest absolute Gasteiger partial charge is 0.547 e. The number of aromatic nitrogens is 1. The van der Waals surface area contributed by atoms with Crippen molar-refractivity contribution in [2.45, 2.75) is 18.9 Å². The molecular weight excluding hydrogens is 264 g/mol. The Hall–Kier alpha value is -1.99. The summed E-state index contributed by atoms with van der Waals surface area (Å²) in [6.45, 7) is 0.260. The van der Waals surface area contributed by atoms with Gasteiger partial charge in [-0.15, -0.1) is 0 Å². The highest BCUT2D eigenvalue weighted by Crippen LogP contribution is 2.47. The predicted molar refractivity (Wildman–Crippen MR) is 65.5 cm³/mol. The SMILES string of the molecule is O=C(O)C1(Cc2ccccn2)C[N+]2(C(=O)O)CCC1O2. The zero-order valence-electron chi connectivity index (χ0n) is 10.7. The van der Waals surface area contributed by atoms with Gasteiger partial charge in [0.15, 0.2) is 5.41 Å². The van der Waals surface area contributed by atoms with E-state index < -0.39 is 28.2 Å². The lowest BCUT2D eigenvalue weighted by Gasteiger charge is -2.29. The highest BCUT2D eigenvalue weighted by molar-refractivity contribution is 5.77. The van der Waals surface area contributed by atoms with Crippen molar-refractivity contribution in [2.24, 2.45) is 5.41 Å². The molecule has 3 atom stereocenters. The van der Waals surface area contributed by atoms with Gasteiger partial charge in [-0.25, -0.2) is 0 Å². The molecule has 2 bridgehead atoms. The van der Waals surface area contributed by atoms with E-state index >= 15 is 0 Å². The van der Waals surface area contributed by atoms with Crippen LogP contribution in [0, 0.1) is 5.41 Å². The van der Waals surface area contributed by atoms with Crippen molar-refractivity contribution in [3.05, 3.63) is 30.1 Å². The number of fused-ring (bicyclic) bond motifs is 2. The third-order valence-electron chi connectivity index (χ3n) is 4.23. The fourth-order valence-corrected chi connectivity index (χ4v) is 3.21. The molecule has 3 heterocycles. The van der Waals surface area contributed by atoms with E-state index in [0.29, 0.717) is 18.7 Å². The van der Waals surface area contributed by atoms with Crippen LogP contribution in [0.15, 0.2) is 24.4 Å². The summed E-state index contributed by atoms with van der Waals surface area (Å²) in [5.74, 6) is -1.02. The first-order valence-corrected chi connectivity index (χ1v) is 6.41. The molecule has 3 rings (SSSR count). The quantitative estimate of drug-likeness (QED) is 0.798. The lowest BCUT2D eigenvalue weighted by molar-refractivity contribution is -1.02. The number of pyridine rings is 1. The summed E-state index contributed by atoms with van der Waals surface area (Å²) in [6.07, 6.45) is 0.502. The molecular formula is C13H15N2O5+. The average Bonchev–Trinajstić information content (AvgIpc) is 2.98. The minimum atomic E-state index is -1.22. The van der Waals surface area contributed by atoms with E-state index in [1.807, 2.05) is 0 Å². The molecule has 0 radical (unpaired) electrons. The monoisotopic (exact) mass is 279 g/mol. The number of rotatable bonds is 3. The Morgan fingerprint density at radius 3 is 2.80 bits per heavy atom. The van der Waals surface area contributed by atoms with Crippen LogP contribution in [-0.2, 0) is 16.1 Å². The molecule has 0 saturated carbocycles. The van der Waals surface area contributed by atoms with Crippen molar-refractivity contribution in [3.63, 3.8) is 0 Å². The molecule has 106 valence electrons. The van der Waals surface area contributed by atoms with Crippen LogP contribution in [0.2, 0.25) is 0 Å². The van der Waals surface area contributed by atoms with E-state index in [1.165, 1.54) is 0 Å². The van der Waals surface area contributed by atoms with Gasteiger partial charge in [-0.05, 0) is 12.1 Å². The maximum absolute atomic E-state index is 11.8. The standard InChI is InChI=1S/C13H14N2O5/c16-11(17)13(7-9-3-1-2-5-14-9)8-15(12(18)19)6-4-10(13)20-15/h1-3,5,10H,4,6-8H2,(H-,16,17,18,19)/p+1. The maximum atomic E-state index is 11.8. The van der Waals surface area contributed by atoms with E-state index in [2.05, 4.69) is 4.98 Å². The molecule has 0 aliphatic carbocycles. The van der Waals surface area contributed by atoms with E-state index in [4.69, 9.17) is 4.84 Å². The summed E-state index contributed by atoms with van der Waals surface area (Å²) in [5, 5.41) is 18.9. The Morgan fingerprint density at radius 2 is 2.25 bits per heavy atom. The zero-order valence-corrected chi connectivity index (χ0v) is 10.7. The van der Waals surface area contributed by atoms with Crippen molar-refractivity contribution in [2.75, 3.05) is 13.1 Å². The summed E-state index contributed by atoms with van der Waals surface area (Å²) in [4.78, 5) is 32.8. The molecule has 1 aromatic heterocycles. The first-order chi connectivity index (χ1) is 9.48. The van der Waals surface area contributed by atoms with Gasteiger partial charge < -0.3 is 10.2 Å². The molecule has 0 spiro atoms. The first kappa shape index (κ1) is 13.0. The third-order valence-corrected chi connectivity index (χ3v) is 4.23. The van der Waals surface area contributed by atoms with Gasteiger partial charge >= 0.3 is 12.1 Å².